The first-order chi connectivity index (χ1) is 5.40. The van der Waals surface area contributed by atoms with Crippen molar-refractivity contribution in [2.24, 2.45) is 0 Å². The molecular weight excluding hydrogens is 144 g/mol. The molecule has 5 nitrogen and oxygen atoms in total. The summed E-state index contributed by atoms with van der Waals surface area (Å²) in [5.74, 6) is 0.569. The number of methoxy groups -OCH3 is 1. The average Bonchev–Trinajstić information content (AvgIpc) is 2.46. The fourth-order valence-electron chi connectivity index (χ4n) is 0.845. The van der Waals surface area contributed by atoms with Gasteiger partial charge in [0.05, 0.1) is 18.8 Å². The van der Waals surface area contributed by atoms with Crippen molar-refractivity contribution in [3.05, 3.63) is 18.6 Å². The molecule has 5 heteroatoms. The van der Waals surface area contributed by atoms with E-state index in [9.17, 15) is 0 Å². The van der Waals surface area contributed by atoms with E-state index in [0.717, 1.165) is 5.52 Å². The summed E-state index contributed by atoms with van der Waals surface area (Å²) < 4.78 is 6.51. The van der Waals surface area contributed by atoms with E-state index >= 15 is 0 Å². The van der Waals surface area contributed by atoms with E-state index in [-0.39, 0.29) is 0 Å². The molecule has 0 atom stereocenters. The predicted molar refractivity (Wildman–Crippen MR) is 37.3 cm³/mol. The summed E-state index contributed by atoms with van der Waals surface area (Å²) in [5, 5.41) is 11.4. The van der Waals surface area contributed by atoms with Crippen LogP contribution in [0.25, 0.3) is 5.52 Å². The predicted octanol–water partition coefficient (Wildman–Crippen LogP) is 0.133. The number of rotatable bonds is 1. The molecule has 0 fully saturated rings. The number of hydrogen-bond donors (Lipinski definition) is 0. The molecule has 0 unspecified atom stereocenters. The maximum absolute atomic E-state index is 4.91. The van der Waals surface area contributed by atoms with E-state index < -0.39 is 0 Å². The zero-order valence-electron chi connectivity index (χ0n) is 5.93. The molecule has 0 aliphatic carbocycles. The van der Waals surface area contributed by atoms with Crippen LogP contribution in [0.5, 0.6) is 5.88 Å². The molecular formula is C6H6N4O. The summed E-state index contributed by atoms with van der Waals surface area (Å²) in [6, 6.07) is 1.79. The Hall–Kier alpha value is -1.65. The summed E-state index contributed by atoms with van der Waals surface area (Å²) in [5.41, 5.74) is 0.872. The van der Waals surface area contributed by atoms with E-state index in [0.29, 0.717) is 5.88 Å². The Morgan fingerprint density at radius 3 is 3.09 bits per heavy atom. The van der Waals surface area contributed by atoms with Gasteiger partial charge in [0.1, 0.15) is 6.33 Å². The van der Waals surface area contributed by atoms with Crippen LogP contribution >= 0.6 is 0 Å². The summed E-state index contributed by atoms with van der Waals surface area (Å²) in [6.07, 6.45) is 3.15. The van der Waals surface area contributed by atoms with Crippen molar-refractivity contribution in [3.63, 3.8) is 0 Å². The number of hydrogen-bond acceptors (Lipinski definition) is 4. The van der Waals surface area contributed by atoms with Crippen molar-refractivity contribution in [1.29, 1.82) is 0 Å². The van der Waals surface area contributed by atoms with Crippen molar-refractivity contribution in [3.8, 4) is 5.88 Å². The average molecular weight is 150 g/mol. The highest BCUT2D eigenvalue weighted by atomic mass is 16.5. The monoisotopic (exact) mass is 150 g/mol. The second-order valence-corrected chi connectivity index (χ2v) is 2.03. The Balaban J connectivity index is 2.69. The van der Waals surface area contributed by atoms with Gasteiger partial charge in [0, 0.05) is 6.07 Å². The van der Waals surface area contributed by atoms with Gasteiger partial charge in [-0.3, -0.25) is 0 Å². The largest absolute Gasteiger partial charge is 0.480 e. The first-order valence-corrected chi connectivity index (χ1v) is 3.10. The molecule has 2 heterocycles. The minimum absolute atomic E-state index is 0.569. The molecule has 0 spiro atoms. The van der Waals surface area contributed by atoms with E-state index in [1.54, 1.807) is 23.9 Å². The Morgan fingerprint density at radius 1 is 1.45 bits per heavy atom. The standard InChI is InChI=1S/C6H6N4O/c1-11-6-2-5-3-7-8-4-10(5)9-6/h2-4H,1H3. The smallest absolute Gasteiger partial charge is 0.233 e. The Bertz CT molecular complexity index is 336. The van der Waals surface area contributed by atoms with Crippen molar-refractivity contribution in [2.75, 3.05) is 7.11 Å². The highest BCUT2D eigenvalue weighted by Crippen LogP contribution is 2.09. The lowest BCUT2D eigenvalue weighted by atomic mass is 10.5. The summed E-state index contributed by atoms with van der Waals surface area (Å²) in [6.45, 7) is 0. The third-order valence-electron chi connectivity index (χ3n) is 1.37. The number of ether oxygens (including phenoxy) is 1. The molecule has 0 aliphatic heterocycles. The molecule has 0 aliphatic rings. The Labute approximate surface area is 62.6 Å². The fourth-order valence-corrected chi connectivity index (χ4v) is 0.845. The van der Waals surface area contributed by atoms with Crippen LogP contribution in [0.4, 0.5) is 0 Å². The van der Waals surface area contributed by atoms with Crippen LogP contribution in [0.1, 0.15) is 0 Å². The molecule has 0 amide bonds. The van der Waals surface area contributed by atoms with Gasteiger partial charge >= 0.3 is 0 Å². The topological polar surface area (TPSA) is 52.3 Å². The Morgan fingerprint density at radius 2 is 2.36 bits per heavy atom. The van der Waals surface area contributed by atoms with Crippen LogP contribution < -0.4 is 4.74 Å². The highest BCUT2D eigenvalue weighted by Gasteiger charge is 1.98. The van der Waals surface area contributed by atoms with Crippen LogP contribution in [-0.4, -0.2) is 26.9 Å². The normalized spacial score (nSPS) is 10.3. The zero-order valence-corrected chi connectivity index (χ0v) is 5.93. The molecule has 0 N–H and O–H groups in total. The minimum Gasteiger partial charge on any atom is -0.480 e. The van der Waals surface area contributed by atoms with E-state index in [1.165, 1.54) is 6.33 Å². The molecule has 0 bridgehead atoms. The van der Waals surface area contributed by atoms with Gasteiger partial charge in [-0.1, -0.05) is 0 Å². The van der Waals surface area contributed by atoms with Crippen molar-refractivity contribution >= 4 is 5.52 Å². The zero-order chi connectivity index (χ0) is 7.68. The van der Waals surface area contributed by atoms with Gasteiger partial charge < -0.3 is 4.74 Å². The molecule has 0 radical (unpaired) electrons. The van der Waals surface area contributed by atoms with E-state index in [1.807, 2.05) is 0 Å². The lowest BCUT2D eigenvalue weighted by Gasteiger charge is -1.86. The van der Waals surface area contributed by atoms with Crippen LogP contribution in [0.15, 0.2) is 18.6 Å². The van der Waals surface area contributed by atoms with Gasteiger partial charge in [-0.2, -0.15) is 5.10 Å². The molecule has 11 heavy (non-hydrogen) atoms. The van der Waals surface area contributed by atoms with Crippen molar-refractivity contribution in [2.45, 2.75) is 0 Å². The maximum atomic E-state index is 4.91. The first kappa shape index (κ1) is 6.09. The number of aromatic nitrogens is 4. The lowest BCUT2D eigenvalue weighted by Crippen LogP contribution is -1.90. The van der Waals surface area contributed by atoms with Gasteiger partial charge in [0.25, 0.3) is 0 Å². The summed E-state index contributed by atoms with van der Waals surface area (Å²) in [7, 11) is 1.57. The molecule has 0 saturated carbocycles. The SMILES string of the molecule is COc1cc2cnncn2n1. The maximum Gasteiger partial charge on any atom is 0.233 e. The van der Waals surface area contributed by atoms with Crippen LogP contribution in [0.2, 0.25) is 0 Å². The van der Waals surface area contributed by atoms with Gasteiger partial charge in [0.15, 0.2) is 0 Å². The number of nitrogens with zero attached hydrogens (tertiary/aromatic N) is 4. The minimum atomic E-state index is 0.569. The lowest BCUT2D eigenvalue weighted by molar-refractivity contribution is 0.395. The van der Waals surface area contributed by atoms with Gasteiger partial charge in [-0.15, -0.1) is 10.2 Å². The number of fused-ring (bicyclic) bond motifs is 1. The molecule has 56 valence electrons. The third-order valence-corrected chi connectivity index (χ3v) is 1.37. The molecule has 2 aromatic rings. The van der Waals surface area contributed by atoms with Gasteiger partial charge in [-0.05, 0) is 0 Å². The van der Waals surface area contributed by atoms with Crippen LogP contribution in [-0.2, 0) is 0 Å². The Kier molecular flexibility index (Phi) is 1.21. The van der Waals surface area contributed by atoms with Gasteiger partial charge in [0.2, 0.25) is 5.88 Å². The second-order valence-electron chi connectivity index (χ2n) is 2.03. The molecule has 2 rings (SSSR count). The highest BCUT2D eigenvalue weighted by molar-refractivity contribution is 5.46. The van der Waals surface area contributed by atoms with Crippen molar-refractivity contribution < 1.29 is 4.74 Å². The fraction of sp³-hybridized carbons (Fsp3) is 0.167. The third kappa shape index (κ3) is 0.899. The molecule has 2 aromatic heterocycles. The first-order valence-electron chi connectivity index (χ1n) is 3.10. The van der Waals surface area contributed by atoms with E-state index in [4.69, 9.17) is 4.74 Å². The van der Waals surface area contributed by atoms with Crippen LogP contribution in [0, 0.1) is 0 Å². The summed E-state index contributed by atoms with van der Waals surface area (Å²) >= 11 is 0. The van der Waals surface area contributed by atoms with Crippen LogP contribution in [0.3, 0.4) is 0 Å². The molecule has 0 aromatic carbocycles. The quantitative estimate of drug-likeness (QED) is 0.580. The summed E-state index contributed by atoms with van der Waals surface area (Å²) in [4.78, 5) is 0. The van der Waals surface area contributed by atoms with Gasteiger partial charge in [-0.25, -0.2) is 4.52 Å². The molecule has 0 saturated heterocycles. The van der Waals surface area contributed by atoms with E-state index in [2.05, 4.69) is 15.3 Å². The second kappa shape index (κ2) is 2.19. The van der Waals surface area contributed by atoms with Crippen molar-refractivity contribution in [1.82, 2.24) is 19.8 Å².